The van der Waals surface area contributed by atoms with Gasteiger partial charge in [-0.1, -0.05) is 74.5 Å². The molecule has 0 saturated heterocycles. The molecule has 1 atom stereocenters. The molecule has 0 saturated carbocycles. The molecule has 0 radical (unpaired) electrons. The van der Waals surface area contributed by atoms with Crippen molar-refractivity contribution in [3.63, 3.8) is 0 Å². The Hall–Kier alpha value is -2.94. The predicted molar refractivity (Wildman–Crippen MR) is 161 cm³/mol. The normalized spacial score (nSPS) is 12.2. The molecular weight excluding hydrogens is 530 g/mol. The summed E-state index contributed by atoms with van der Waals surface area (Å²) in [5.74, 6) is 1.26. The van der Waals surface area contributed by atoms with E-state index in [4.69, 9.17) is 4.74 Å². The van der Waals surface area contributed by atoms with Gasteiger partial charge in [-0.2, -0.15) is 11.8 Å². The number of thioether (sulfide) groups is 1. The first-order valence-corrected chi connectivity index (χ1v) is 15.6. The van der Waals surface area contributed by atoms with E-state index in [1.807, 2.05) is 38.1 Å². The molecule has 0 aliphatic heterocycles. The summed E-state index contributed by atoms with van der Waals surface area (Å²) >= 11 is 1.77. The molecule has 0 spiro atoms. The summed E-state index contributed by atoms with van der Waals surface area (Å²) in [6.07, 6.45) is 0.559. The number of benzene rings is 3. The van der Waals surface area contributed by atoms with Gasteiger partial charge in [-0.05, 0) is 60.7 Å². The van der Waals surface area contributed by atoms with E-state index >= 15 is 0 Å². The van der Waals surface area contributed by atoms with E-state index in [1.165, 1.54) is 12.7 Å². The first kappa shape index (κ1) is 32.3. The SMILES string of the molecule is CC.COC(=O)c1ccc(-c2ccc(CSCc3ccc(C(CC=O)S(=O)(=O)NC(C)(C)C)cc3)cc2)cc1. The third kappa shape index (κ3) is 9.95. The highest BCUT2D eigenvalue weighted by atomic mass is 32.2. The molecule has 0 amide bonds. The molecule has 1 N–H and O–H groups in total. The van der Waals surface area contributed by atoms with Gasteiger partial charge in [0.1, 0.15) is 11.5 Å². The van der Waals surface area contributed by atoms with Crippen LogP contribution in [0.4, 0.5) is 0 Å². The van der Waals surface area contributed by atoms with Gasteiger partial charge >= 0.3 is 5.97 Å². The van der Waals surface area contributed by atoms with E-state index in [2.05, 4.69) is 29.0 Å². The number of sulfonamides is 1. The summed E-state index contributed by atoms with van der Waals surface area (Å²) in [5.41, 5.74) is 4.89. The highest BCUT2D eigenvalue weighted by Crippen LogP contribution is 2.28. The first-order valence-electron chi connectivity index (χ1n) is 12.9. The fourth-order valence-electron chi connectivity index (χ4n) is 3.85. The molecule has 0 aromatic heterocycles. The lowest BCUT2D eigenvalue weighted by Crippen LogP contribution is -2.42. The Bertz CT molecular complexity index is 1300. The number of carbonyl (C=O) groups is 2. The third-order valence-corrected chi connectivity index (χ3v) is 8.80. The Kier molecular flexibility index (Phi) is 12.4. The topological polar surface area (TPSA) is 89.5 Å². The van der Waals surface area contributed by atoms with Crippen LogP contribution in [0.15, 0.2) is 72.8 Å². The number of esters is 1. The lowest BCUT2D eigenvalue weighted by atomic mass is 10.0. The smallest absolute Gasteiger partial charge is 0.337 e. The molecule has 0 heterocycles. The predicted octanol–water partition coefficient (Wildman–Crippen LogP) is 6.95. The van der Waals surface area contributed by atoms with Crippen LogP contribution in [0.3, 0.4) is 0 Å². The van der Waals surface area contributed by atoms with Crippen LogP contribution < -0.4 is 4.72 Å². The molecule has 0 bridgehead atoms. The molecule has 0 aliphatic rings. The minimum absolute atomic E-state index is 0.0923. The van der Waals surface area contributed by atoms with Crippen LogP contribution >= 0.6 is 11.8 Å². The van der Waals surface area contributed by atoms with E-state index in [-0.39, 0.29) is 12.4 Å². The summed E-state index contributed by atoms with van der Waals surface area (Å²) in [7, 11) is -2.33. The zero-order chi connectivity index (χ0) is 29.1. The summed E-state index contributed by atoms with van der Waals surface area (Å²) in [4.78, 5) is 22.8. The Morgan fingerprint density at radius 2 is 1.33 bits per heavy atom. The molecule has 6 nitrogen and oxygen atoms in total. The number of carbonyl (C=O) groups excluding carboxylic acids is 2. The summed E-state index contributed by atoms with van der Waals surface area (Å²) in [6.45, 7) is 9.33. The number of ether oxygens (including phenoxy) is 1. The average molecular weight is 570 g/mol. The fraction of sp³-hybridized carbons (Fsp3) is 0.355. The minimum atomic E-state index is -3.70. The third-order valence-electron chi connectivity index (χ3n) is 5.62. The number of nitrogens with one attached hydrogen (secondary N) is 1. The van der Waals surface area contributed by atoms with Crippen LogP contribution in [-0.4, -0.2) is 33.3 Å². The van der Waals surface area contributed by atoms with Crippen LogP contribution in [0.1, 0.15) is 73.3 Å². The van der Waals surface area contributed by atoms with Crippen molar-refractivity contribution >= 4 is 34.0 Å². The quantitative estimate of drug-likeness (QED) is 0.199. The molecule has 3 rings (SSSR count). The van der Waals surface area contributed by atoms with E-state index in [0.29, 0.717) is 17.4 Å². The Labute approximate surface area is 237 Å². The van der Waals surface area contributed by atoms with Crippen molar-refractivity contribution in [3.05, 3.63) is 95.1 Å². The number of rotatable bonds is 11. The molecular formula is C31H39NO5S2. The van der Waals surface area contributed by atoms with Gasteiger partial charge in [0.2, 0.25) is 10.0 Å². The second kappa shape index (κ2) is 15.0. The van der Waals surface area contributed by atoms with Crippen molar-refractivity contribution in [1.29, 1.82) is 0 Å². The van der Waals surface area contributed by atoms with Gasteiger partial charge in [-0.3, -0.25) is 0 Å². The van der Waals surface area contributed by atoms with Crippen molar-refractivity contribution in [2.45, 2.75) is 63.3 Å². The van der Waals surface area contributed by atoms with Gasteiger partial charge in [0.15, 0.2) is 0 Å². The maximum atomic E-state index is 12.8. The van der Waals surface area contributed by atoms with E-state index in [1.54, 1.807) is 56.8 Å². The molecule has 210 valence electrons. The number of hydrogen-bond acceptors (Lipinski definition) is 6. The van der Waals surface area contributed by atoms with Gasteiger partial charge in [-0.15, -0.1) is 0 Å². The Morgan fingerprint density at radius 1 is 0.872 bits per heavy atom. The van der Waals surface area contributed by atoms with Crippen molar-refractivity contribution in [3.8, 4) is 11.1 Å². The van der Waals surface area contributed by atoms with Gasteiger partial charge in [-0.25, -0.2) is 17.9 Å². The minimum Gasteiger partial charge on any atom is -0.465 e. The zero-order valence-corrected chi connectivity index (χ0v) is 25.2. The lowest BCUT2D eigenvalue weighted by molar-refractivity contribution is -0.107. The molecule has 3 aromatic carbocycles. The van der Waals surface area contributed by atoms with Gasteiger partial charge in [0, 0.05) is 23.5 Å². The Balaban J connectivity index is 0.00000260. The van der Waals surface area contributed by atoms with E-state index in [9.17, 15) is 18.0 Å². The lowest BCUT2D eigenvalue weighted by Gasteiger charge is -2.25. The molecule has 0 fully saturated rings. The van der Waals surface area contributed by atoms with Crippen LogP contribution in [0, 0.1) is 0 Å². The molecule has 39 heavy (non-hydrogen) atoms. The van der Waals surface area contributed by atoms with Crippen LogP contribution in [0.25, 0.3) is 11.1 Å². The maximum absolute atomic E-state index is 12.8. The maximum Gasteiger partial charge on any atom is 0.337 e. The summed E-state index contributed by atoms with van der Waals surface area (Å²) in [5, 5.41) is -0.916. The molecule has 0 aliphatic carbocycles. The van der Waals surface area contributed by atoms with E-state index < -0.39 is 20.8 Å². The van der Waals surface area contributed by atoms with Crippen LogP contribution in [0.5, 0.6) is 0 Å². The van der Waals surface area contributed by atoms with Crippen molar-refractivity contribution in [1.82, 2.24) is 4.72 Å². The number of aldehydes is 1. The van der Waals surface area contributed by atoms with Gasteiger partial charge in [0.05, 0.1) is 12.7 Å². The molecule has 1 unspecified atom stereocenters. The van der Waals surface area contributed by atoms with Gasteiger partial charge in [0.25, 0.3) is 0 Å². The first-order chi connectivity index (χ1) is 18.5. The second-order valence-electron chi connectivity index (χ2n) is 9.79. The second-order valence-corrected chi connectivity index (χ2v) is 12.6. The van der Waals surface area contributed by atoms with Crippen LogP contribution in [-0.2, 0) is 31.1 Å². The largest absolute Gasteiger partial charge is 0.465 e. The summed E-state index contributed by atoms with van der Waals surface area (Å²) < 4.78 is 33.1. The van der Waals surface area contributed by atoms with Gasteiger partial charge < -0.3 is 9.53 Å². The highest BCUT2D eigenvalue weighted by Gasteiger charge is 2.30. The summed E-state index contributed by atoms with van der Waals surface area (Å²) in [6, 6.07) is 23.1. The van der Waals surface area contributed by atoms with Crippen molar-refractivity contribution in [2.75, 3.05) is 7.11 Å². The molecule has 3 aromatic rings. The monoisotopic (exact) mass is 569 g/mol. The van der Waals surface area contributed by atoms with E-state index in [0.717, 1.165) is 28.2 Å². The van der Waals surface area contributed by atoms with Crippen molar-refractivity contribution in [2.24, 2.45) is 0 Å². The average Bonchev–Trinajstić information content (AvgIpc) is 2.92. The number of hydrogen-bond donors (Lipinski definition) is 1. The molecule has 8 heteroatoms. The standard InChI is InChI=1S/C29H33NO5S2.C2H6/c1-29(2,3)30-37(33,34)27(17-18-31)25-11-7-22(8-12-25)20-36-19-21-5-9-23(10-6-21)24-13-15-26(16-14-24)28(32)35-4;1-2/h5-16,18,27,30H,17,19-20H2,1-4H3;1-2H3. The number of methoxy groups -OCH3 is 1. The van der Waals surface area contributed by atoms with Crippen LogP contribution in [0.2, 0.25) is 0 Å². The fourth-order valence-corrected chi connectivity index (χ4v) is 6.65. The highest BCUT2D eigenvalue weighted by molar-refractivity contribution is 7.97. The van der Waals surface area contributed by atoms with Crippen molar-refractivity contribution < 1.29 is 22.7 Å². The zero-order valence-electron chi connectivity index (χ0n) is 23.6. The Morgan fingerprint density at radius 3 is 1.77 bits per heavy atom.